The second-order valence-corrected chi connectivity index (χ2v) is 7.23. The summed E-state index contributed by atoms with van der Waals surface area (Å²) in [5.41, 5.74) is 0.420. The first-order valence-corrected chi connectivity index (χ1v) is 8.68. The van der Waals surface area contributed by atoms with Gasteiger partial charge in [0.2, 0.25) is 5.91 Å². The molecule has 0 radical (unpaired) electrons. The molecule has 1 aliphatic carbocycles. The van der Waals surface area contributed by atoms with E-state index >= 15 is 0 Å². The minimum Gasteiger partial charge on any atom is -0.391 e. The van der Waals surface area contributed by atoms with E-state index in [1.807, 2.05) is 24.3 Å². The van der Waals surface area contributed by atoms with Gasteiger partial charge in [-0.25, -0.2) is 0 Å². The van der Waals surface area contributed by atoms with E-state index in [0.29, 0.717) is 43.5 Å². The average molecular weight is 338 g/mol. The average Bonchev–Trinajstić information content (AvgIpc) is 3.40. The smallest absolute Gasteiger partial charge is 0.233 e. The van der Waals surface area contributed by atoms with Crippen LogP contribution in [0, 0.1) is 5.92 Å². The fourth-order valence-corrected chi connectivity index (χ4v) is 3.60. The molecule has 1 heterocycles. The molecule has 1 saturated heterocycles. The molecule has 3 rings (SSSR count). The third kappa shape index (κ3) is 3.54. The van der Waals surface area contributed by atoms with E-state index in [-0.39, 0.29) is 5.91 Å². The van der Waals surface area contributed by atoms with Gasteiger partial charge in [0.25, 0.3) is 0 Å². The Kier molecular flexibility index (Phi) is 4.95. The third-order valence-corrected chi connectivity index (χ3v) is 5.38. The zero-order chi connectivity index (χ0) is 16.4. The van der Waals surface area contributed by atoms with Gasteiger partial charge in [0, 0.05) is 31.8 Å². The number of nitrogens with zero attached hydrogens (tertiary/aromatic N) is 1. The number of aliphatic hydroxyl groups is 1. The van der Waals surface area contributed by atoms with Crippen molar-refractivity contribution in [3.05, 3.63) is 34.9 Å². The first-order chi connectivity index (χ1) is 11.0. The van der Waals surface area contributed by atoms with Crippen molar-refractivity contribution in [2.24, 2.45) is 5.92 Å². The monoisotopic (exact) mass is 337 g/mol. The van der Waals surface area contributed by atoms with E-state index in [2.05, 4.69) is 0 Å². The Morgan fingerprint density at radius 2 is 1.96 bits per heavy atom. The lowest BCUT2D eigenvalue weighted by molar-refractivity contribution is -0.141. The number of amides is 1. The van der Waals surface area contributed by atoms with Crippen molar-refractivity contribution in [2.75, 3.05) is 26.8 Å². The molecular weight excluding hydrogens is 314 g/mol. The van der Waals surface area contributed by atoms with Crippen LogP contribution >= 0.6 is 11.6 Å². The van der Waals surface area contributed by atoms with Crippen molar-refractivity contribution in [1.82, 2.24) is 4.90 Å². The lowest BCUT2D eigenvalue weighted by atomic mass is 9.73. The predicted molar refractivity (Wildman–Crippen MR) is 89.6 cm³/mol. The Labute approximate surface area is 142 Å². The Morgan fingerprint density at radius 1 is 1.35 bits per heavy atom. The van der Waals surface area contributed by atoms with Crippen LogP contribution in [0.5, 0.6) is 0 Å². The number of hydrogen-bond acceptors (Lipinski definition) is 3. The molecule has 23 heavy (non-hydrogen) atoms. The zero-order valence-electron chi connectivity index (χ0n) is 13.5. The molecule has 1 aromatic carbocycles. The van der Waals surface area contributed by atoms with Crippen LogP contribution in [0.25, 0.3) is 0 Å². The van der Waals surface area contributed by atoms with Crippen LogP contribution in [-0.2, 0) is 14.9 Å². The molecule has 1 atom stereocenters. The van der Waals surface area contributed by atoms with E-state index in [1.54, 1.807) is 11.9 Å². The largest absolute Gasteiger partial charge is 0.391 e. The normalized spacial score (nSPS) is 21.7. The number of benzene rings is 1. The van der Waals surface area contributed by atoms with Gasteiger partial charge in [-0.15, -0.1) is 0 Å². The second-order valence-electron chi connectivity index (χ2n) is 6.79. The Morgan fingerprint density at radius 3 is 2.52 bits per heavy atom. The molecule has 0 spiro atoms. The fraction of sp³-hybridized carbons (Fsp3) is 0.611. The maximum atomic E-state index is 13.2. The Hall–Kier alpha value is -1.10. The predicted octanol–water partition coefficient (Wildman–Crippen LogP) is 2.62. The molecule has 1 N–H and O–H groups in total. The van der Waals surface area contributed by atoms with Crippen molar-refractivity contribution in [2.45, 2.75) is 37.2 Å². The number of rotatable bonds is 5. The summed E-state index contributed by atoms with van der Waals surface area (Å²) < 4.78 is 5.48. The first kappa shape index (κ1) is 16.7. The maximum Gasteiger partial charge on any atom is 0.233 e. The highest BCUT2D eigenvalue weighted by Crippen LogP contribution is 2.38. The third-order valence-electron chi connectivity index (χ3n) is 5.13. The maximum absolute atomic E-state index is 13.2. The van der Waals surface area contributed by atoms with Crippen LogP contribution < -0.4 is 0 Å². The molecule has 1 aromatic rings. The topological polar surface area (TPSA) is 49.8 Å². The van der Waals surface area contributed by atoms with Crippen molar-refractivity contribution in [3.63, 3.8) is 0 Å². The molecule has 1 unspecified atom stereocenters. The molecule has 4 nitrogen and oxygen atoms in total. The lowest BCUT2D eigenvalue weighted by Gasteiger charge is -2.39. The van der Waals surface area contributed by atoms with Crippen LogP contribution in [-0.4, -0.2) is 48.8 Å². The van der Waals surface area contributed by atoms with E-state index in [4.69, 9.17) is 16.3 Å². The summed E-state index contributed by atoms with van der Waals surface area (Å²) in [5, 5.41) is 10.8. The second kappa shape index (κ2) is 6.80. The minimum absolute atomic E-state index is 0.0721. The number of likely N-dealkylation sites (N-methyl/N-ethyl adjacent to an activating group) is 1. The van der Waals surface area contributed by atoms with Crippen LogP contribution in [0.2, 0.25) is 5.02 Å². The molecule has 1 saturated carbocycles. The SMILES string of the molecule is CN(CC(O)C1CC1)C(=O)C1(c2ccc(Cl)cc2)CCOCC1. The molecule has 126 valence electrons. The molecular formula is C18H24ClNO3. The molecule has 1 amide bonds. The minimum atomic E-state index is -0.569. The molecule has 0 aromatic heterocycles. The van der Waals surface area contributed by atoms with Gasteiger partial charge in [0.05, 0.1) is 11.5 Å². The summed E-state index contributed by atoms with van der Waals surface area (Å²) >= 11 is 6.00. The van der Waals surface area contributed by atoms with Crippen LogP contribution in [0.4, 0.5) is 0 Å². The quantitative estimate of drug-likeness (QED) is 0.898. The van der Waals surface area contributed by atoms with Crippen LogP contribution in [0.15, 0.2) is 24.3 Å². The fourth-order valence-electron chi connectivity index (χ4n) is 3.47. The van der Waals surface area contributed by atoms with Gasteiger partial charge in [0.1, 0.15) is 0 Å². The molecule has 5 heteroatoms. The van der Waals surface area contributed by atoms with Gasteiger partial charge in [0.15, 0.2) is 0 Å². The number of aliphatic hydroxyl groups excluding tert-OH is 1. The first-order valence-electron chi connectivity index (χ1n) is 8.30. The Balaban J connectivity index is 1.82. The van der Waals surface area contributed by atoms with Crippen molar-refractivity contribution in [1.29, 1.82) is 0 Å². The van der Waals surface area contributed by atoms with Gasteiger partial charge in [-0.1, -0.05) is 23.7 Å². The molecule has 0 bridgehead atoms. The van der Waals surface area contributed by atoms with Gasteiger partial charge in [-0.05, 0) is 49.3 Å². The van der Waals surface area contributed by atoms with Gasteiger partial charge >= 0.3 is 0 Å². The number of ether oxygens (including phenoxy) is 1. The van der Waals surface area contributed by atoms with Gasteiger partial charge < -0.3 is 14.7 Å². The summed E-state index contributed by atoms with van der Waals surface area (Å²) in [6, 6.07) is 7.55. The van der Waals surface area contributed by atoms with Crippen molar-refractivity contribution >= 4 is 17.5 Å². The van der Waals surface area contributed by atoms with E-state index in [0.717, 1.165) is 18.4 Å². The Bertz CT molecular complexity index is 550. The van der Waals surface area contributed by atoms with Crippen LogP contribution in [0.3, 0.4) is 0 Å². The zero-order valence-corrected chi connectivity index (χ0v) is 14.3. The summed E-state index contributed by atoms with van der Waals surface area (Å²) in [6.45, 7) is 1.56. The standard InChI is InChI=1S/C18H24ClNO3/c1-20(12-16(21)13-2-3-13)17(22)18(8-10-23-11-9-18)14-4-6-15(19)7-5-14/h4-7,13,16,21H,2-3,8-12H2,1H3. The van der Waals surface area contributed by atoms with Crippen LogP contribution in [0.1, 0.15) is 31.2 Å². The summed E-state index contributed by atoms with van der Waals surface area (Å²) in [7, 11) is 1.79. The molecule has 1 aliphatic heterocycles. The molecule has 2 aliphatic rings. The van der Waals surface area contributed by atoms with Gasteiger partial charge in [-0.2, -0.15) is 0 Å². The summed E-state index contributed by atoms with van der Waals surface area (Å²) in [5.74, 6) is 0.439. The lowest BCUT2D eigenvalue weighted by Crippen LogP contribution is -2.50. The number of carbonyl (C=O) groups excluding carboxylic acids is 1. The number of halogens is 1. The van der Waals surface area contributed by atoms with Crippen molar-refractivity contribution in [3.8, 4) is 0 Å². The summed E-state index contributed by atoms with van der Waals surface area (Å²) in [4.78, 5) is 14.9. The number of hydrogen-bond donors (Lipinski definition) is 1. The van der Waals surface area contributed by atoms with E-state index in [1.165, 1.54) is 0 Å². The van der Waals surface area contributed by atoms with E-state index < -0.39 is 11.5 Å². The number of carbonyl (C=O) groups is 1. The van der Waals surface area contributed by atoms with Gasteiger partial charge in [-0.3, -0.25) is 4.79 Å². The highest BCUT2D eigenvalue weighted by atomic mass is 35.5. The van der Waals surface area contributed by atoms with E-state index in [9.17, 15) is 9.90 Å². The highest BCUT2D eigenvalue weighted by Gasteiger charge is 2.44. The van der Waals surface area contributed by atoms with Crippen molar-refractivity contribution < 1.29 is 14.6 Å². The summed E-state index contributed by atoms with van der Waals surface area (Å²) in [6.07, 6.45) is 3.05. The molecule has 2 fully saturated rings. The highest BCUT2D eigenvalue weighted by molar-refractivity contribution is 6.30.